The fraction of sp³-hybridized carbons (Fsp3) is 0.455. The molecule has 4 heteroatoms. The molecule has 0 bridgehead atoms. The molecule has 0 amide bonds. The Labute approximate surface area is 89.5 Å². The lowest BCUT2D eigenvalue weighted by atomic mass is 10.1. The first-order chi connectivity index (χ1) is 6.79. The Hall–Kier alpha value is -1.58. The Morgan fingerprint density at radius 3 is 2.53 bits per heavy atom. The predicted molar refractivity (Wildman–Crippen MR) is 58.6 cm³/mol. The Morgan fingerprint density at radius 1 is 1.40 bits per heavy atom. The van der Waals surface area contributed by atoms with Gasteiger partial charge in [0.05, 0.1) is 0 Å². The number of nitrogens with zero attached hydrogens (tertiary/aromatic N) is 1. The number of hydrogen-bond donors (Lipinski definition) is 1. The lowest BCUT2D eigenvalue weighted by Crippen LogP contribution is -2.25. The molecule has 0 unspecified atom stereocenters. The quantitative estimate of drug-likeness (QED) is 0.716. The minimum atomic E-state index is -0.518. The summed E-state index contributed by atoms with van der Waals surface area (Å²) >= 11 is 0. The first kappa shape index (κ1) is 11.5. The van der Waals surface area contributed by atoms with Gasteiger partial charge in [0.15, 0.2) is 5.69 Å². The van der Waals surface area contributed by atoms with Crippen LogP contribution in [0.4, 0.5) is 5.82 Å². The maximum absolute atomic E-state index is 11.7. The summed E-state index contributed by atoms with van der Waals surface area (Å²) in [5, 5.41) is 0. The van der Waals surface area contributed by atoms with Gasteiger partial charge >= 0.3 is 5.97 Å². The van der Waals surface area contributed by atoms with Crippen LogP contribution in [0, 0.1) is 6.92 Å². The Kier molecular flexibility index (Phi) is 2.98. The van der Waals surface area contributed by atoms with Crippen molar-refractivity contribution in [3.63, 3.8) is 0 Å². The van der Waals surface area contributed by atoms with Crippen molar-refractivity contribution >= 4 is 11.8 Å². The number of nitrogens with two attached hydrogens (primary N) is 1. The number of esters is 1. The van der Waals surface area contributed by atoms with Gasteiger partial charge in [0, 0.05) is 0 Å². The fourth-order valence-electron chi connectivity index (χ4n) is 1.08. The second-order valence-electron chi connectivity index (χ2n) is 4.40. The van der Waals surface area contributed by atoms with E-state index in [2.05, 4.69) is 4.98 Å². The number of rotatable bonds is 1. The number of aryl methyl sites for hydroxylation is 1. The van der Waals surface area contributed by atoms with E-state index < -0.39 is 11.6 Å². The van der Waals surface area contributed by atoms with E-state index >= 15 is 0 Å². The van der Waals surface area contributed by atoms with Crippen molar-refractivity contribution in [2.75, 3.05) is 5.73 Å². The standard InChI is InChI=1S/C11H16N2O2/c1-7-5-6-8(12)13-9(7)10(14)15-11(2,3)4/h5-6H,1-4H3,(H2,12,13). The van der Waals surface area contributed by atoms with Crippen LogP contribution in [0.2, 0.25) is 0 Å². The zero-order valence-electron chi connectivity index (χ0n) is 9.50. The highest BCUT2D eigenvalue weighted by molar-refractivity contribution is 5.89. The molecule has 0 atom stereocenters. The molecule has 0 radical (unpaired) electrons. The molecule has 1 aromatic rings. The Bertz CT molecular complexity index is 381. The molecular weight excluding hydrogens is 192 g/mol. The van der Waals surface area contributed by atoms with Crippen LogP contribution < -0.4 is 5.73 Å². The molecule has 0 saturated heterocycles. The molecule has 0 saturated carbocycles. The summed E-state index contributed by atoms with van der Waals surface area (Å²) < 4.78 is 5.20. The zero-order chi connectivity index (χ0) is 11.6. The van der Waals surface area contributed by atoms with Gasteiger partial charge in [-0.05, 0) is 39.3 Å². The van der Waals surface area contributed by atoms with E-state index in [0.29, 0.717) is 5.82 Å². The molecule has 1 heterocycles. The van der Waals surface area contributed by atoms with Crippen LogP contribution in [-0.2, 0) is 4.74 Å². The molecule has 82 valence electrons. The maximum atomic E-state index is 11.7. The zero-order valence-corrected chi connectivity index (χ0v) is 9.50. The maximum Gasteiger partial charge on any atom is 0.357 e. The molecule has 15 heavy (non-hydrogen) atoms. The molecule has 0 aliphatic heterocycles. The predicted octanol–water partition coefficient (Wildman–Crippen LogP) is 1.93. The molecule has 0 aromatic carbocycles. The number of pyridine rings is 1. The average molecular weight is 208 g/mol. The van der Waals surface area contributed by atoms with E-state index in [1.54, 1.807) is 19.1 Å². The van der Waals surface area contributed by atoms with Crippen LogP contribution in [0.25, 0.3) is 0 Å². The van der Waals surface area contributed by atoms with Crippen LogP contribution in [0.1, 0.15) is 36.8 Å². The van der Waals surface area contributed by atoms with Gasteiger partial charge < -0.3 is 10.5 Å². The average Bonchev–Trinajstić information content (AvgIpc) is 2.06. The topological polar surface area (TPSA) is 65.2 Å². The van der Waals surface area contributed by atoms with Gasteiger partial charge in [0.2, 0.25) is 0 Å². The van der Waals surface area contributed by atoms with E-state index in [9.17, 15) is 4.79 Å². The highest BCUT2D eigenvalue weighted by atomic mass is 16.6. The van der Waals surface area contributed by atoms with Gasteiger partial charge in [-0.25, -0.2) is 9.78 Å². The number of carbonyl (C=O) groups excluding carboxylic acids is 1. The number of hydrogen-bond acceptors (Lipinski definition) is 4. The first-order valence-corrected chi connectivity index (χ1v) is 4.76. The van der Waals surface area contributed by atoms with Gasteiger partial charge in [-0.15, -0.1) is 0 Å². The Balaban J connectivity index is 2.96. The minimum absolute atomic E-state index is 0.282. The van der Waals surface area contributed by atoms with E-state index in [4.69, 9.17) is 10.5 Å². The van der Waals surface area contributed by atoms with Crippen LogP contribution in [0.5, 0.6) is 0 Å². The van der Waals surface area contributed by atoms with E-state index in [1.165, 1.54) is 0 Å². The van der Waals surface area contributed by atoms with Crippen molar-refractivity contribution in [1.29, 1.82) is 0 Å². The van der Waals surface area contributed by atoms with Crippen molar-refractivity contribution in [1.82, 2.24) is 4.98 Å². The summed E-state index contributed by atoms with van der Waals surface area (Å²) in [5.41, 5.74) is 6.04. The van der Waals surface area contributed by atoms with Crippen LogP contribution in [0.15, 0.2) is 12.1 Å². The summed E-state index contributed by atoms with van der Waals surface area (Å²) in [7, 11) is 0. The summed E-state index contributed by atoms with van der Waals surface area (Å²) in [4.78, 5) is 15.7. The highest BCUT2D eigenvalue weighted by Crippen LogP contribution is 2.14. The van der Waals surface area contributed by atoms with E-state index in [1.807, 2.05) is 20.8 Å². The monoisotopic (exact) mass is 208 g/mol. The molecule has 1 rings (SSSR count). The number of aromatic nitrogens is 1. The normalized spacial score (nSPS) is 11.2. The number of carbonyl (C=O) groups is 1. The Morgan fingerprint density at radius 2 is 2.00 bits per heavy atom. The van der Waals surface area contributed by atoms with E-state index in [0.717, 1.165) is 5.56 Å². The molecule has 0 spiro atoms. The van der Waals surface area contributed by atoms with E-state index in [-0.39, 0.29) is 5.69 Å². The molecule has 2 N–H and O–H groups in total. The largest absolute Gasteiger partial charge is 0.455 e. The third kappa shape index (κ3) is 3.23. The molecule has 0 aliphatic rings. The second-order valence-corrected chi connectivity index (χ2v) is 4.40. The van der Waals surface area contributed by atoms with Gasteiger partial charge in [0.1, 0.15) is 11.4 Å². The van der Waals surface area contributed by atoms with Crippen LogP contribution >= 0.6 is 0 Å². The third-order valence-electron chi connectivity index (χ3n) is 1.71. The number of anilines is 1. The minimum Gasteiger partial charge on any atom is -0.455 e. The summed E-state index contributed by atoms with van der Waals surface area (Å²) in [5.74, 6) is -0.117. The van der Waals surface area contributed by atoms with Crippen molar-refractivity contribution < 1.29 is 9.53 Å². The van der Waals surface area contributed by atoms with Gasteiger partial charge in [-0.2, -0.15) is 0 Å². The van der Waals surface area contributed by atoms with Crippen LogP contribution in [-0.4, -0.2) is 16.6 Å². The molecule has 0 aliphatic carbocycles. The summed E-state index contributed by atoms with van der Waals surface area (Å²) in [6, 6.07) is 3.41. The number of nitrogen functional groups attached to an aromatic ring is 1. The lowest BCUT2D eigenvalue weighted by Gasteiger charge is -2.19. The van der Waals surface area contributed by atoms with Gasteiger partial charge in [0.25, 0.3) is 0 Å². The smallest absolute Gasteiger partial charge is 0.357 e. The van der Waals surface area contributed by atoms with Gasteiger partial charge in [-0.3, -0.25) is 0 Å². The van der Waals surface area contributed by atoms with Crippen molar-refractivity contribution in [2.24, 2.45) is 0 Å². The summed E-state index contributed by atoms with van der Waals surface area (Å²) in [6.45, 7) is 7.23. The molecule has 0 fully saturated rings. The van der Waals surface area contributed by atoms with Gasteiger partial charge in [-0.1, -0.05) is 6.07 Å². The fourth-order valence-corrected chi connectivity index (χ4v) is 1.08. The third-order valence-corrected chi connectivity index (χ3v) is 1.71. The molecular formula is C11H16N2O2. The summed E-state index contributed by atoms with van der Waals surface area (Å²) in [6.07, 6.45) is 0. The lowest BCUT2D eigenvalue weighted by molar-refractivity contribution is 0.00622. The number of ether oxygens (including phenoxy) is 1. The van der Waals surface area contributed by atoms with Crippen molar-refractivity contribution in [3.8, 4) is 0 Å². The highest BCUT2D eigenvalue weighted by Gasteiger charge is 2.20. The van der Waals surface area contributed by atoms with Crippen molar-refractivity contribution in [3.05, 3.63) is 23.4 Å². The SMILES string of the molecule is Cc1ccc(N)nc1C(=O)OC(C)(C)C. The molecule has 4 nitrogen and oxygen atoms in total. The molecule has 1 aromatic heterocycles. The van der Waals surface area contributed by atoms with Crippen LogP contribution in [0.3, 0.4) is 0 Å². The first-order valence-electron chi connectivity index (χ1n) is 4.76. The van der Waals surface area contributed by atoms with Crippen molar-refractivity contribution in [2.45, 2.75) is 33.3 Å². The second kappa shape index (κ2) is 3.88.